The van der Waals surface area contributed by atoms with E-state index in [1.165, 1.54) is 0 Å². The van der Waals surface area contributed by atoms with E-state index in [1.807, 2.05) is 0 Å². The van der Waals surface area contributed by atoms with Crippen LogP contribution < -0.4 is 0 Å². The van der Waals surface area contributed by atoms with E-state index in [4.69, 9.17) is 0 Å². The zero-order valence-electron chi connectivity index (χ0n) is 5.35. The highest BCUT2D eigenvalue weighted by atomic mass is 35.5. The third kappa shape index (κ3) is 66.4. The first-order valence-corrected chi connectivity index (χ1v) is 3.01. The summed E-state index contributed by atoms with van der Waals surface area (Å²) in [7, 11) is 0. The highest BCUT2D eigenvalue weighted by Crippen LogP contribution is 2.21. The predicted octanol–water partition coefficient (Wildman–Crippen LogP) is 3.63. The SMILES string of the molecule is CC(F)(F)F.FCC(F)(Cl)Cl. The Kier molecular flexibility index (Phi) is 6.24. The maximum atomic E-state index is 11.3. The average molecular weight is 219 g/mol. The van der Waals surface area contributed by atoms with Crippen LogP contribution in [0.1, 0.15) is 6.92 Å². The van der Waals surface area contributed by atoms with E-state index in [9.17, 15) is 22.0 Å². The Balaban J connectivity index is 0. The van der Waals surface area contributed by atoms with Gasteiger partial charge in [0.05, 0.1) is 0 Å². The summed E-state index contributed by atoms with van der Waals surface area (Å²) < 4.78 is 50.5. The molecule has 0 rings (SSSR count). The average Bonchev–Trinajstić information content (AvgIpc) is 1.59. The lowest BCUT2D eigenvalue weighted by atomic mass is 10.8. The van der Waals surface area contributed by atoms with Crippen LogP contribution >= 0.6 is 23.2 Å². The third-order valence-corrected chi connectivity index (χ3v) is 0.354. The summed E-state index contributed by atoms with van der Waals surface area (Å²) >= 11 is 8.88. The summed E-state index contributed by atoms with van der Waals surface area (Å²) in [6.07, 6.45) is -4.00. The van der Waals surface area contributed by atoms with Crippen molar-refractivity contribution in [1.82, 2.24) is 0 Å². The van der Waals surface area contributed by atoms with Crippen molar-refractivity contribution in [2.75, 3.05) is 6.67 Å². The fraction of sp³-hybridized carbons (Fsp3) is 1.00. The largest absolute Gasteiger partial charge is 0.386 e. The highest BCUT2D eigenvalue weighted by molar-refractivity contribution is 6.47. The number of hydrogen-bond acceptors (Lipinski definition) is 0. The number of halogens is 7. The van der Waals surface area contributed by atoms with Crippen molar-refractivity contribution in [2.24, 2.45) is 0 Å². The zero-order valence-corrected chi connectivity index (χ0v) is 6.86. The first-order valence-electron chi connectivity index (χ1n) is 2.25. The van der Waals surface area contributed by atoms with Crippen LogP contribution in [-0.2, 0) is 0 Å². The molecule has 0 spiro atoms. The van der Waals surface area contributed by atoms with Crippen molar-refractivity contribution in [3.05, 3.63) is 0 Å². The van der Waals surface area contributed by atoms with Gasteiger partial charge in [-0.25, -0.2) is 8.78 Å². The molecule has 0 saturated heterocycles. The molecule has 0 saturated carbocycles. The van der Waals surface area contributed by atoms with Gasteiger partial charge in [0.2, 0.25) is 0 Å². The predicted molar refractivity (Wildman–Crippen MR) is 33.2 cm³/mol. The molecule has 0 aliphatic carbocycles. The Morgan fingerprint density at radius 3 is 1.18 bits per heavy atom. The second-order valence-corrected chi connectivity index (χ2v) is 2.92. The third-order valence-electron chi connectivity index (χ3n) is 0.152. The van der Waals surface area contributed by atoms with Crippen LogP contribution in [0.2, 0.25) is 0 Å². The van der Waals surface area contributed by atoms with Crippen molar-refractivity contribution >= 4 is 23.2 Å². The second kappa shape index (κ2) is 4.98. The van der Waals surface area contributed by atoms with E-state index in [-0.39, 0.29) is 6.92 Å². The Morgan fingerprint density at radius 2 is 1.18 bits per heavy atom. The van der Waals surface area contributed by atoms with Crippen LogP contribution in [-0.4, -0.2) is 17.4 Å². The van der Waals surface area contributed by atoms with Crippen LogP contribution in [0, 0.1) is 0 Å². The summed E-state index contributed by atoms with van der Waals surface area (Å²) in [5.41, 5.74) is 0. The minimum Gasteiger partial charge on any atom is -0.245 e. The number of alkyl halides is 7. The molecule has 0 N–H and O–H groups in total. The van der Waals surface area contributed by atoms with Gasteiger partial charge >= 0.3 is 6.18 Å². The van der Waals surface area contributed by atoms with E-state index in [1.54, 1.807) is 0 Å². The fourth-order valence-electron chi connectivity index (χ4n) is 0. The minimum atomic E-state index is -4.00. The van der Waals surface area contributed by atoms with Crippen molar-refractivity contribution < 1.29 is 22.0 Å². The van der Waals surface area contributed by atoms with Crippen LogP contribution in [0.4, 0.5) is 22.0 Å². The van der Waals surface area contributed by atoms with E-state index in [0.29, 0.717) is 0 Å². The molecule has 0 aromatic rings. The maximum Gasteiger partial charge on any atom is 0.386 e. The molecule has 0 fully saturated rings. The smallest absolute Gasteiger partial charge is 0.245 e. The van der Waals surface area contributed by atoms with Crippen molar-refractivity contribution in [3.63, 3.8) is 0 Å². The Bertz CT molecular complexity index is 87.6. The second-order valence-electron chi connectivity index (χ2n) is 1.53. The first kappa shape index (κ1) is 13.8. The van der Waals surface area contributed by atoms with Gasteiger partial charge in [-0.3, -0.25) is 0 Å². The summed E-state index contributed by atoms with van der Waals surface area (Å²) in [4.78, 5) is 0. The van der Waals surface area contributed by atoms with E-state index in [0.717, 1.165) is 0 Å². The molecular formula is C4H5Cl2F5. The molecule has 0 unspecified atom stereocenters. The molecule has 0 bridgehead atoms. The molecule has 0 aromatic heterocycles. The molecule has 0 atom stereocenters. The van der Waals surface area contributed by atoms with Gasteiger partial charge < -0.3 is 0 Å². The topological polar surface area (TPSA) is 0 Å². The lowest BCUT2D eigenvalue weighted by Gasteiger charge is -1.97. The monoisotopic (exact) mass is 218 g/mol. The van der Waals surface area contributed by atoms with Gasteiger partial charge in [0.25, 0.3) is 4.59 Å². The van der Waals surface area contributed by atoms with Gasteiger partial charge in [-0.2, -0.15) is 13.2 Å². The van der Waals surface area contributed by atoms with Gasteiger partial charge in [-0.15, -0.1) is 0 Å². The molecule has 0 aliphatic heterocycles. The molecule has 7 heteroatoms. The Morgan fingerprint density at radius 1 is 1.09 bits per heavy atom. The van der Waals surface area contributed by atoms with E-state index < -0.39 is 17.4 Å². The quantitative estimate of drug-likeness (QED) is 0.466. The van der Waals surface area contributed by atoms with E-state index in [2.05, 4.69) is 23.2 Å². The van der Waals surface area contributed by atoms with Crippen LogP contribution in [0.3, 0.4) is 0 Å². The van der Waals surface area contributed by atoms with Crippen molar-refractivity contribution in [1.29, 1.82) is 0 Å². The van der Waals surface area contributed by atoms with Crippen molar-refractivity contribution in [2.45, 2.75) is 17.7 Å². The van der Waals surface area contributed by atoms with E-state index >= 15 is 0 Å². The molecule has 11 heavy (non-hydrogen) atoms. The van der Waals surface area contributed by atoms with Gasteiger partial charge in [0.15, 0.2) is 6.67 Å². The van der Waals surface area contributed by atoms with Gasteiger partial charge in [0, 0.05) is 6.92 Å². The summed E-state index contributed by atoms with van der Waals surface area (Å²) in [6.45, 7) is -1.18. The van der Waals surface area contributed by atoms with Gasteiger partial charge in [0.1, 0.15) is 0 Å². The van der Waals surface area contributed by atoms with Gasteiger partial charge in [-0.05, 0) is 0 Å². The number of hydrogen-bond donors (Lipinski definition) is 0. The lowest BCUT2D eigenvalue weighted by molar-refractivity contribution is -0.110. The summed E-state index contributed by atoms with van der Waals surface area (Å²) in [5.74, 6) is 0. The number of rotatable bonds is 1. The molecule has 0 radical (unpaired) electrons. The maximum absolute atomic E-state index is 11.3. The molecular weight excluding hydrogens is 214 g/mol. The molecule has 0 aliphatic rings. The van der Waals surface area contributed by atoms with Crippen molar-refractivity contribution in [3.8, 4) is 0 Å². The van der Waals surface area contributed by atoms with Crippen LogP contribution in [0.5, 0.6) is 0 Å². The molecule has 0 aromatic carbocycles. The van der Waals surface area contributed by atoms with Crippen LogP contribution in [0.15, 0.2) is 0 Å². The zero-order chi connectivity index (χ0) is 9.71. The normalized spacial score (nSPS) is 12.0. The first-order chi connectivity index (χ1) is 4.56. The highest BCUT2D eigenvalue weighted by Gasteiger charge is 2.20. The fourth-order valence-corrected chi connectivity index (χ4v) is 0. The standard InChI is InChI=1S/C2H2Cl2F2.C2H3F3/c3-2(4,6)1-5;1-2(3,4)5/h1H2;1H3. The summed E-state index contributed by atoms with van der Waals surface area (Å²) in [5, 5.41) is 0. The molecule has 0 nitrogen and oxygen atoms in total. The summed E-state index contributed by atoms with van der Waals surface area (Å²) in [6, 6.07) is 0. The molecule has 0 amide bonds. The molecule has 0 heterocycles. The van der Waals surface area contributed by atoms with Crippen LogP contribution in [0.25, 0.3) is 0 Å². The van der Waals surface area contributed by atoms with Gasteiger partial charge in [-0.1, -0.05) is 23.2 Å². The molecule has 70 valence electrons. The lowest BCUT2D eigenvalue weighted by Crippen LogP contribution is -2.04. The Hall–Kier alpha value is 0.230. The minimum absolute atomic E-state index is 0.188. The Labute approximate surface area is 70.3 Å².